The molecule has 0 aliphatic carbocycles. The molecule has 0 saturated carbocycles. The monoisotopic (exact) mass is 1640 g/mol. The molecule has 40 heteroatoms. The van der Waals surface area contributed by atoms with Crippen molar-refractivity contribution in [2.45, 2.75) is 117 Å². The number of amides is 4. The molecule has 20 rings (SSSR count). The fraction of sp³-hybridized carbons (Fsp3) is 0.222. The van der Waals surface area contributed by atoms with Crippen molar-refractivity contribution in [3.63, 3.8) is 0 Å². The number of carbonyl (C=O) groups excluding carboxylic acids is 4. The van der Waals surface area contributed by atoms with Gasteiger partial charge in [-0.2, -0.15) is 39.7 Å². The molecule has 0 bridgehead atoms. The number of hydrogen-bond acceptors (Lipinski definition) is 25. The molecule has 4 aliphatic rings. The van der Waals surface area contributed by atoms with E-state index in [2.05, 4.69) is 127 Å². The highest BCUT2D eigenvalue weighted by atomic mass is 19.2. The van der Waals surface area contributed by atoms with E-state index in [1.54, 1.807) is 147 Å². The molecule has 16 aromatic rings. The number of hydrogen-bond donors (Lipinski definition) is 4. The maximum atomic E-state index is 14.2. The predicted molar refractivity (Wildman–Crippen MR) is 420 cm³/mol. The van der Waals surface area contributed by atoms with E-state index in [9.17, 15) is 49.9 Å². The van der Waals surface area contributed by atoms with Gasteiger partial charge >= 0.3 is 0 Å². The maximum absolute atomic E-state index is 14.2. The third-order valence-electron chi connectivity index (χ3n) is 20.8. The summed E-state index contributed by atoms with van der Waals surface area (Å²) < 4.78 is 104. The number of carbonyl (C=O) groups is 4. The van der Waals surface area contributed by atoms with E-state index in [-0.39, 0.29) is 102 Å². The summed E-state index contributed by atoms with van der Waals surface area (Å²) in [6.07, 6.45) is 4.59. The first kappa shape index (κ1) is 78.3. The zero-order valence-electron chi connectivity index (χ0n) is 65.5. The Labute approximate surface area is 678 Å². The van der Waals surface area contributed by atoms with Crippen LogP contribution in [-0.2, 0) is 66.8 Å². The van der Waals surface area contributed by atoms with E-state index in [1.807, 2.05) is 0 Å². The second kappa shape index (κ2) is 29.7. The second-order valence-corrected chi connectivity index (χ2v) is 30.7. The molecule has 121 heavy (non-hydrogen) atoms. The first-order valence-corrected chi connectivity index (χ1v) is 37.3. The molecule has 0 saturated heterocycles. The van der Waals surface area contributed by atoms with E-state index >= 15 is 0 Å². The van der Waals surface area contributed by atoms with Gasteiger partial charge < -0.3 is 21.3 Å². The largest absolute Gasteiger partial charge is 0.308 e. The highest BCUT2D eigenvalue weighted by molar-refractivity contribution is 6.06. The molecular formula is C81H64F7N29O4. The van der Waals surface area contributed by atoms with Crippen LogP contribution in [0.15, 0.2) is 134 Å². The van der Waals surface area contributed by atoms with Crippen LogP contribution in [0.25, 0.3) is 78.9 Å². The molecule has 4 N–H and O–H groups in total. The number of anilines is 4. The number of pyridine rings is 1. The average molecular weight is 1640 g/mol. The average Bonchev–Trinajstić information content (AvgIpc) is 1.61. The molecule has 0 radical (unpaired) electrons. The normalized spacial score (nSPS) is 14.7. The number of halogens is 7. The molecule has 15 heterocycles. The number of benzene rings is 5. The van der Waals surface area contributed by atoms with Crippen molar-refractivity contribution in [2.75, 3.05) is 21.3 Å². The van der Waals surface area contributed by atoms with Crippen molar-refractivity contribution in [3.8, 4) is 34.9 Å². The van der Waals surface area contributed by atoms with Crippen LogP contribution < -0.4 is 21.3 Å². The van der Waals surface area contributed by atoms with Gasteiger partial charge in [-0.25, -0.2) is 75.0 Å². The summed E-state index contributed by atoms with van der Waals surface area (Å²) in [5.74, 6) is -1.94. The van der Waals surface area contributed by atoms with Crippen molar-refractivity contribution >= 4 is 90.9 Å². The summed E-state index contributed by atoms with van der Waals surface area (Å²) in [6.45, 7) is 17.5. The number of aromatic nitrogens is 25. The molecule has 0 atom stereocenters. The molecule has 33 nitrogen and oxygen atoms in total. The van der Waals surface area contributed by atoms with Gasteiger partial charge in [-0.1, -0.05) is 66.7 Å². The quantitative estimate of drug-likeness (QED) is 0.0825. The zero-order valence-corrected chi connectivity index (χ0v) is 65.5. The lowest BCUT2D eigenvalue weighted by Gasteiger charge is -2.12. The molecule has 0 fully saturated rings. The second-order valence-electron chi connectivity index (χ2n) is 30.7. The van der Waals surface area contributed by atoms with Gasteiger partial charge in [-0.15, -0.1) is 40.8 Å². The van der Waals surface area contributed by atoms with Crippen molar-refractivity contribution in [1.29, 1.82) is 0 Å². The fourth-order valence-electron chi connectivity index (χ4n) is 13.8. The van der Waals surface area contributed by atoms with Gasteiger partial charge in [0.25, 0.3) is 11.9 Å². The van der Waals surface area contributed by atoms with Crippen LogP contribution in [0, 0.1) is 54.6 Å². The topological polar surface area (TPSA) is 407 Å². The van der Waals surface area contributed by atoms with Gasteiger partial charge in [0.2, 0.25) is 35.3 Å². The Kier molecular flexibility index (Phi) is 19.2. The number of rotatable bonds is 12. The lowest BCUT2D eigenvalue weighted by Crippen LogP contribution is -2.27. The molecule has 0 unspecified atom stereocenters. The van der Waals surface area contributed by atoms with E-state index in [1.165, 1.54) is 62.6 Å². The van der Waals surface area contributed by atoms with Gasteiger partial charge in [0, 0.05) is 47.8 Å². The standard InChI is InChI=1S/C21H16F2N6O.C20H16F2N8O.C20H15F2N7O.C20H17FN8O/c1-21(2)17-18(24-19(21)30)25-20(27-26-17)29-16-8-7-12(22)10-13(16)15(28-29)9-11-5-3-4-6-14(11)23;1-9-23-7-11-14(16-25-17-15(27-28-16)20(2,3)19(31)26-17)29-30(18(11)24-9)8-10-5-4-6-12(21)13(10)22;1-20(2)16-17(24-18(20)30)25-19(27-26-16)29-14-8-11(21)9-23-15(14)13(28-29)7-10-5-3-4-6-12(10)22;1-10-22-8-12-14(16-24-17-15(26-27-16)20(2,3)19(30)25-17)28-29(18(12)23-10)9-11-6-4-5-7-13(11)21/h3-8,10H,9H2,1-2H3,(H,24,25,27,30);4-7H,8H2,1-3H3,(H,25,26,28,31);3-6,8-9H,7H2,1-2H3,(H,24,25,27,30);4-8H,9H2,1-3H3,(H,24,25,27,30). The van der Waals surface area contributed by atoms with Crippen molar-refractivity contribution in [3.05, 3.63) is 243 Å². The first-order chi connectivity index (χ1) is 57.8. The van der Waals surface area contributed by atoms with E-state index in [0.717, 1.165) is 12.3 Å². The summed E-state index contributed by atoms with van der Waals surface area (Å²) in [5.41, 5.74) is 3.78. The lowest BCUT2D eigenvalue weighted by molar-refractivity contribution is -0.120. The molecule has 4 aliphatic heterocycles. The highest BCUT2D eigenvalue weighted by Crippen LogP contribution is 2.40. The summed E-state index contributed by atoms with van der Waals surface area (Å²) in [5, 5.41) is 63.9. The van der Waals surface area contributed by atoms with Gasteiger partial charge in [-0.3, -0.25) is 19.2 Å². The lowest BCUT2D eigenvalue weighted by atomic mass is 9.91. The minimum absolute atomic E-state index is 0.0453. The van der Waals surface area contributed by atoms with Crippen LogP contribution in [0.3, 0.4) is 0 Å². The first-order valence-electron chi connectivity index (χ1n) is 37.3. The minimum atomic E-state index is -0.945. The van der Waals surface area contributed by atoms with Crippen LogP contribution in [0.5, 0.6) is 0 Å². The smallest absolute Gasteiger partial charge is 0.272 e. The van der Waals surface area contributed by atoms with Crippen LogP contribution in [-0.4, -0.2) is 148 Å². The molecular weight excluding hydrogens is 1580 g/mol. The maximum Gasteiger partial charge on any atom is 0.272 e. The van der Waals surface area contributed by atoms with Crippen molar-refractivity contribution in [2.24, 2.45) is 0 Å². The summed E-state index contributed by atoms with van der Waals surface area (Å²) in [7, 11) is 0. The molecule has 606 valence electrons. The van der Waals surface area contributed by atoms with Crippen LogP contribution in [0.4, 0.5) is 54.0 Å². The minimum Gasteiger partial charge on any atom is -0.308 e. The third kappa shape index (κ3) is 14.1. The Morgan fingerprint density at radius 1 is 0.364 bits per heavy atom. The van der Waals surface area contributed by atoms with Crippen LogP contribution in [0.2, 0.25) is 0 Å². The zero-order chi connectivity index (χ0) is 85.0. The molecule has 4 amide bonds. The summed E-state index contributed by atoms with van der Waals surface area (Å²) >= 11 is 0. The Bertz CT molecular complexity index is 6820. The number of fused-ring (bicyclic) bond motifs is 8. The SMILES string of the molecule is CC1(C)C(=O)Nc2nc(-n3nc(Cc4ccccc4F)c4cc(F)ccc43)nnc21.CC1(C)C(=O)Nc2nc(-n3nc(Cc4ccccc4F)c4ncc(F)cc43)nnc21.Cc1ncc2c(-c3nnc4c(n3)NC(=O)C4(C)C)nn(Cc3cccc(F)c3F)c2n1.Cc1ncc2c(-c3nnc4c(n3)NC(=O)C4(C)C)nn(Cc3ccccc3F)c2n1. The Morgan fingerprint density at radius 2 is 0.769 bits per heavy atom. The van der Waals surface area contributed by atoms with Gasteiger partial charge in [-0.05, 0) is 123 Å². The summed E-state index contributed by atoms with van der Waals surface area (Å²) in [4.78, 5) is 87.9. The van der Waals surface area contributed by atoms with E-state index in [0.29, 0.717) is 135 Å². The van der Waals surface area contributed by atoms with Gasteiger partial charge in [0.05, 0.1) is 74.1 Å². The Balaban J connectivity index is 0.000000115. The highest BCUT2D eigenvalue weighted by Gasteiger charge is 2.46. The van der Waals surface area contributed by atoms with Crippen molar-refractivity contribution < 1.29 is 49.9 Å². The van der Waals surface area contributed by atoms with Gasteiger partial charge in [0.1, 0.15) is 80.4 Å². The van der Waals surface area contributed by atoms with Crippen LogP contribution >= 0.6 is 0 Å². The van der Waals surface area contributed by atoms with Gasteiger partial charge in [0.15, 0.2) is 46.2 Å². The number of aryl methyl sites for hydroxylation is 2. The molecule has 5 aromatic carbocycles. The van der Waals surface area contributed by atoms with E-state index in [4.69, 9.17) is 0 Å². The number of nitrogens with one attached hydrogen (secondary N) is 4. The molecule has 11 aromatic heterocycles. The Morgan fingerprint density at radius 3 is 1.25 bits per heavy atom. The Hall–Kier alpha value is -15.3. The fourth-order valence-corrected chi connectivity index (χ4v) is 13.8. The predicted octanol–water partition coefficient (Wildman–Crippen LogP) is 11.0. The van der Waals surface area contributed by atoms with Crippen molar-refractivity contribution in [1.82, 2.24) is 125 Å². The number of nitrogens with zero attached hydrogens (tertiary/aromatic N) is 25. The van der Waals surface area contributed by atoms with E-state index < -0.39 is 44.9 Å². The molecule has 0 spiro atoms. The van der Waals surface area contributed by atoms with Crippen LogP contribution in [0.1, 0.15) is 123 Å². The third-order valence-corrected chi connectivity index (χ3v) is 20.8. The summed E-state index contributed by atoms with van der Waals surface area (Å²) in [6, 6.07) is 28.6.